The molecule has 0 spiro atoms. The number of benzene rings is 2. The predicted octanol–water partition coefficient (Wildman–Crippen LogP) is 3.38. The van der Waals surface area contributed by atoms with Gasteiger partial charge in [0.25, 0.3) is 0 Å². The van der Waals surface area contributed by atoms with Gasteiger partial charge in [-0.25, -0.2) is 4.98 Å². The van der Waals surface area contributed by atoms with Crippen LogP contribution in [0.3, 0.4) is 0 Å². The van der Waals surface area contributed by atoms with Crippen molar-refractivity contribution in [3.63, 3.8) is 0 Å². The van der Waals surface area contributed by atoms with Gasteiger partial charge in [0, 0.05) is 17.1 Å². The van der Waals surface area contributed by atoms with Crippen LogP contribution in [0.5, 0.6) is 5.75 Å². The number of hydrogen-bond donors (Lipinski definition) is 0. The Balaban J connectivity index is 2.16. The lowest BCUT2D eigenvalue weighted by Crippen LogP contribution is -2.06. The van der Waals surface area contributed by atoms with E-state index in [4.69, 9.17) is 4.74 Å². The molecule has 1 aromatic heterocycles. The largest absolute Gasteiger partial charge is 0.497 e. The maximum atomic E-state index is 12.6. The van der Waals surface area contributed by atoms with E-state index in [2.05, 4.69) is 4.98 Å². The highest BCUT2D eigenvalue weighted by Crippen LogP contribution is 2.29. The van der Waals surface area contributed by atoms with Crippen molar-refractivity contribution in [2.45, 2.75) is 0 Å². The van der Waals surface area contributed by atoms with E-state index in [-0.39, 0.29) is 16.8 Å². The van der Waals surface area contributed by atoms with Gasteiger partial charge in [-0.3, -0.25) is 14.9 Å². The number of nitrogens with zero attached hydrogens (tertiary/aromatic N) is 2. The van der Waals surface area contributed by atoms with E-state index >= 15 is 0 Å². The second-order valence-corrected chi connectivity index (χ2v) is 4.85. The number of fused-ring (bicyclic) bond motifs is 1. The Hall–Kier alpha value is -3.28. The number of pyridine rings is 1. The molecule has 6 heteroatoms. The molecule has 0 aliphatic rings. The van der Waals surface area contributed by atoms with Crippen molar-refractivity contribution >= 4 is 22.4 Å². The number of hydrogen-bond acceptors (Lipinski definition) is 5. The van der Waals surface area contributed by atoms with Gasteiger partial charge in [-0.2, -0.15) is 0 Å². The van der Waals surface area contributed by atoms with Crippen LogP contribution in [0.25, 0.3) is 10.9 Å². The van der Waals surface area contributed by atoms with Gasteiger partial charge in [-0.1, -0.05) is 12.1 Å². The quantitative estimate of drug-likeness (QED) is 0.419. The molecule has 1 heterocycles. The number of ether oxygens (including phenoxy) is 1. The highest BCUT2D eigenvalue weighted by Gasteiger charge is 2.25. The molecule has 0 aliphatic carbocycles. The van der Waals surface area contributed by atoms with E-state index in [1.807, 2.05) is 0 Å². The lowest BCUT2D eigenvalue weighted by Gasteiger charge is -2.06. The number of nitro benzene ring substituents is 1. The third-order valence-electron chi connectivity index (χ3n) is 3.53. The van der Waals surface area contributed by atoms with Gasteiger partial charge < -0.3 is 4.74 Å². The van der Waals surface area contributed by atoms with E-state index < -0.39 is 10.7 Å². The van der Waals surface area contributed by atoms with Crippen molar-refractivity contribution in [1.29, 1.82) is 0 Å². The Kier molecular flexibility index (Phi) is 3.72. The van der Waals surface area contributed by atoms with Crippen LogP contribution in [0.2, 0.25) is 0 Å². The number of carbonyl (C=O) groups excluding carboxylic acids is 1. The van der Waals surface area contributed by atoms with Crippen LogP contribution in [0.4, 0.5) is 5.69 Å². The Morgan fingerprint density at radius 2 is 1.87 bits per heavy atom. The molecule has 0 fully saturated rings. The van der Waals surface area contributed by atoms with Crippen LogP contribution in [-0.4, -0.2) is 22.8 Å². The van der Waals surface area contributed by atoms with E-state index in [9.17, 15) is 14.9 Å². The van der Waals surface area contributed by atoms with Crippen molar-refractivity contribution in [2.75, 3.05) is 7.11 Å². The van der Waals surface area contributed by atoms with Crippen LogP contribution in [0.15, 0.2) is 54.7 Å². The molecule has 23 heavy (non-hydrogen) atoms. The average Bonchev–Trinajstić information content (AvgIpc) is 2.60. The lowest BCUT2D eigenvalue weighted by atomic mass is 9.99. The highest BCUT2D eigenvalue weighted by molar-refractivity contribution is 6.14. The zero-order valence-corrected chi connectivity index (χ0v) is 12.2. The summed E-state index contributed by atoms with van der Waals surface area (Å²) in [4.78, 5) is 27.6. The van der Waals surface area contributed by atoms with Gasteiger partial charge in [-0.05, 0) is 36.4 Å². The van der Waals surface area contributed by atoms with Gasteiger partial charge in [0.15, 0.2) is 5.78 Å². The predicted molar refractivity (Wildman–Crippen MR) is 84.8 cm³/mol. The molecule has 0 N–H and O–H groups in total. The number of carbonyl (C=O) groups is 1. The standard InChI is InChI=1S/C17H12N2O4/c1-23-13-7-4-12(5-8-13)17(20)14-9-6-11-3-2-10-18-15(11)16(14)19(21)22/h2-10H,1H3. The normalized spacial score (nSPS) is 10.5. The first-order valence-electron chi connectivity index (χ1n) is 6.82. The lowest BCUT2D eigenvalue weighted by molar-refractivity contribution is -0.383. The third kappa shape index (κ3) is 2.62. The van der Waals surface area contributed by atoms with Crippen molar-refractivity contribution < 1.29 is 14.5 Å². The smallest absolute Gasteiger partial charge is 0.306 e. The van der Waals surface area contributed by atoms with Crippen LogP contribution in [-0.2, 0) is 0 Å². The molecule has 0 unspecified atom stereocenters. The minimum atomic E-state index is -0.563. The van der Waals surface area contributed by atoms with E-state index in [1.165, 1.54) is 19.4 Å². The fourth-order valence-corrected chi connectivity index (χ4v) is 2.40. The maximum absolute atomic E-state index is 12.6. The van der Waals surface area contributed by atoms with Crippen LogP contribution in [0, 0.1) is 10.1 Å². The first-order valence-corrected chi connectivity index (χ1v) is 6.82. The Labute approximate surface area is 131 Å². The summed E-state index contributed by atoms with van der Waals surface area (Å²) in [6, 6.07) is 13.0. The van der Waals surface area contributed by atoms with Gasteiger partial charge in [0.2, 0.25) is 0 Å². The maximum Gasteiger partial charge on any atom is 0.306 e. The van der Waals surface area contributed by atoms with Crippen molar-refractivity contribution in [3.8, 4) is 5.75 Å². The third-order valence-corrected chi connectivity index (χ3v) is 3.53. The summed E-state index contributed by atoms with van der Waals surface area (Å²) in [5, 5.41) is 12.1. The zero-order valence-electron chi connectivity index (χ0n) is 12.2. The van der Waals surface area contributed by atoms with Gasteiger partial charge >= 0.3 is 5.69 Å². The summed E-state index contributed by atoms with van der Waals surface area (Å²) in [5.41, 5.74) is 0.302. The fourth-order valence-electron chi connectivity index (χ4n) is 2.40. The number of aromatic nitrogens is 1. The minimum absolute atomic E-state index is 0.0198. The molecule has 2 aromatic carbocycles. The topological polar surface area (TPSA) is 82.3 Å². The SMILES string of the molecule is COc1ccc(C(=O)c2ccc3cccnc3c2[N+](=O)[O-])cc1. The number of ketones is 1. The monoisotopic (exact) mass is 308 g/mol. The van der Waals surface area contributed by atoms with E-state index in [0.29, 0.717) is 16.7 Å². The van der Waals surface area contributed by atoms with Crippen LogP contribution < -0.4 is 4.74 Å². The number of rotatable bonds is 4. The molecule has 0 saturated heterocycles. The molecule has 3 rings (SSSR count). The molecule has 114 valence electrons. The fraction of sp³-hybridized carbons (Fsp3) is 0.0588. The van der Waals surface area contributed by atoms with Crippen molar-refractivity contribution in [2.24, 2.45) is 0 Å². The number of nitro groups is 1. The molecular formula is C17H12N2O4. The second kappa shape index (κ2) is 5.84. The highest BCUT2D eigenvalue weighted by atomic mass is 16.6. The van der Waals surface area contributed by atoms with Gasteiger partial charge in [0.1, 0.15) is 16.8 Å². The molecule has 0 amide bonds. The molecule has 3 aromatic rings. The molecule has 0 aliphatic heterocycles. The Morgan fingerprint density at radius 1 is 1.13 bits per heavy atom. The minimum Gasteiger partial charge on any atom is -0.497 e. The van der Waals surface area contributed by atoms with E-state index in [0.717, 1.165) is 0 Å². The van der Waals surface area contributed by atoms with Gasteiger partial charge in [0.05, 0.1) is 12.0 Å². The number of methoxy groups -OCH3 is 1. The first kappa shape index (κ1) is 14.6. The molecule has 0 bridgehead atoms. The summed E-state index contributed by atoms with van der Waals surface area (Å²) in [7, 11) is 1.52. The summed E-state index contributed by atoms with van der Waals surface area (Å²) >= 11 is 0. The van der Waals surface area contributed by atoms with Crippen molar-refractivity contribution in [1.82, 2.24) is 4.98 Å². The van der Waals surface area contributed by atoms with E-state index in [1.54, 1.807) is 42.5 Å². The summed E-state index contributed by atoms with van der Waals surface area (Å²) in [5.74, 6) is 0.183. The van der Waals surface area contributed by atoms with Crippen LogP contribution in [0.1, 0.15) is 15.9 Å². The molecular weight excluding hydrogens is 296 g/mol. The molecule has 6 nitrogen and oxygen atoms in total. The van der Waals surface area contributed by atoms with Crippen molar-refractivity contribution in [3.05, 3.63) is 76.0 Å². The molecule has 0 atom stereocenters. The summed E-state index contributed by atoms with van der Waals surface area (Å²) in [6.07, 6.45) is 1.47. The van der Waals surface area contributed by atoms with Gasteiger partial charge in [-0.15, -0.1) is 0 Å². The summed E-state index contributed by atoms with van der Waals surface area (Å²) < 4.78 is 5.04. The van der Waals surface area contributed by atoms with Crippen LogP contribution >= 0.6 is 0 Å². The first-order chi connectivity index (χ1) is 11.1. The average molecular weight is 308 g/mol. The summed E-state index contributed by atoms with van der Waals surface area (Å²) in [6.45, 7) is 0. The second-order valence-electron chi connectivity index (χ2n) is 4.85. The molecule has 0 radical (unpaired) electrons. The zero-order chi connectivity index (χ0) is 16.4. The Morgan fingerprint density at radius 3 is 2.52 bits per heavy atom. The molecule has 0 saturated carbocycles. The Bertz CT molecular complexity index is 904.